The number of halogens is 1. The maximum Gasteiger partial charge on any atom is 0.251 e. The van der Waals surface area contributed by atoms with Crippen LogP contribution in [0.25, 0.3) is 0 Å². The molecule has 124 valence electrons. The maximum absolute atomic E-state index is 12.2. The first kappa shape index (κ1) is 19.2. The zero-order valence-electron chi connectivity index (χ0n) is 12.9. The number of nitrogens with one attached hydrogen (secondary N) is 1. The van der Waals surface area contributed by atoms with Crippen LogP contribution in [-0.2, 0) is 6.54 Å². The van der Waals surface area contributed by atoms with Crippen LogP contribution >= 0.6 is 12.4 Å². The maximum atomic E-state index is 12.2. The third kappa shape index (κ3) is 5.67. The summed E-state index contributed by atoms with van der Waals surface area (Å²) in [4.78, 5) is 12.2. The molecule has 4 N–H and O–H groups in total. The Morgan fingerprint density at radius 2 is 1.74 bits per heavy atom. The number of hydrogen-bond donors (Lipinski definition) is 3. The van der Waals surface area contributed by atoms with Gasteiger partial charge in [0.1, 0.15) is 0 Å². The Hall–Kier alpha value is -1.88. The molecule has 2 rings (SSSR count). The van der Waals surface area contributed by atoms with Crippen molar-refractivity contribution < 1.29 is 9.90 Å². The molecule has 0 heterocycles. The molecule has 0 spiro atoms. The fraction of sp³-hybridized carbons (Fsp3) is 0.278. The Balaban J connectivity index is 0.00000264. The molecule has 0 saturated carbocycles. The van der Waals surface area contributed by atoms with Crippen LogP contribution in [0.2, 0.25) is 0 Å². The van der Waals surface area contributed by atoms with Crippen LogP contribution in [-0.4, -0.2) is 24.2 Å². The van der Waals surface area contributed by atoms with E-state index in [0.29, 0.717) is 25.1 Å². The minimum absolute atomic E-state index is 0. The van der Waals surface area contributed by atoms with Crippen molar-refractivity contribution in [3.63, 3.8) is 0 Å². The Morgan fingerprint density at radius 3 is 2.30 bits per heavy atom. The molecule has 1 atom stereocenters. The molecule has 4 nitrogen and oxygen atoms in total. The van der Waals surface area contributed by atoms with E-state index in [1.165, 1.54) is 0 Å². The lowest BCUT2D eigenvalue weighted by molar-refractivity contribution is 0.0949. The van der Waals surface area contributed by atoms with Gasteiger partial charge in [-0.15, -0.1) is 12.4 Å². The molecule has 2 aromatic carbocycles. The Labute approximate surface area is 143 Å². The molecule has 23 heavy (non-hydrogen) atoms. The SMILES string of the molecule is Cl.NCc1ccc(C(=O)NCC(CCO)c2ccccc2)cc1. The predicted molar refractivity (Wildman–Crippen MR) is 94.8 cm³/mol. The molecule has 0 fully saturated rings. The van der Waals surface area contributed by atoms with Crippen LogP contribution in [0.1, 0.15) is 33.8 Å². The molecule has 2 aromatic rings. The summed E-state index contributed by atoms with van der Waals surface area (Å²) in [5.74, 6) is 0.000840. The summed E-state index contributed by atoms with van der Waals surface area (Å²) in [6, 6.07) is 17.2. The van der Waals surface area contributed by atoms with Gasteiger partial charge in [-0.25, -0.2) is 0 Å². The summed E-state index contributed by atoms with van der Waals surface area (Å²) in [5, 5.41) is 12.2. The number of aliphatic hydroxyl groups excluding tert-OH is 1. The van der Waals surface area contributed by atoms with Gasteiger partial charge < -0.3 is 16.2 Å². The lowest BCUT2D eigenvalue weighted by atomic mass is 9.96. The van der Waals surface area contributed by atoms with Crippen LogP contribution in [0.5, 0.6) is 0 Å². The van der Waals surface area contributed by atoms with Crippen molar-refractivity contribution in [2.45, 2.75) is 18.9 Å². The number of carbonyl (C=O) groups is 1. The zero-order chi connectivity index (χ0) is 15.8. The second-order valence-electron chi connectivity index (χ2n) is 5.23. The van der Waals surface area contributed by atoms with E-state index in [1.54, 1.807) is 12.1 Å². The van der Waals surface area contributed by atoms with E-state index < -0.39 is 0 Å². The average molecular weight is 335 g/mol. The van der Waals surface area contributed by atoms with Crippen LogP contribution in [0, 0.1) is 0 Å². The predicted octanol–water partition coefficient (Wildman–Crippen LogP) is 2.46. The molecule has 5 heteroatoms. The summed E-state index contributed by atoms with van der Waals surface area (Å²) in [6.07, 6.45) is 0.621. The highest BCUT2D eigenvalue weighted by Gasteiger charge is 2.13. The fourth-order valence-corrected chi connectivity index (χ4v) is 2.38. The number of rotatable bonds is 7. The second-order valence-corrected chi connectivity index (χ2v) is 5.23. The molecule has 0 radical (unpaired) electrons. The van der Waals surface area contributed by atoms with Gasteiger partial charge >= 0.3 is 0 Å². The van der Waals surface area contributed by atoms with Gasteiger partial charge in [-0.1, -0.05) is 42.5 Å². The molecule has 0 aliphatic heterocycles. The van der Waals surface area contributed by atoms with E-state index in [9.17, 15) is 9.90 Å². The van der Waals surface area contributed by atoms with E-state index >= 15 is 0 Å². The largest absolute Gasteiger partial charge is 0.396 e. The number of benzene rings is 2. The second kappa shape index (κ2) is 10.0. The van der Waals surface area contributed by atoms with E-state index in [0.717, 1.165) is 11.1 Å². The highest BCUT2D eigenvalue weighted by molar-refractivity contribution is 5.94. The quantitative estimate of drug-likeness (QED) is 0.728. The highest BCUT2D eigenvalue weighted by atomic mass is 35.5. The van der Waals surface area contributed by atoms with Crippen molar-refractivity contribution in [2.24, 2.45) is 5.73 Å². The first-order chi connectivity index (χ1) is 10.7. The highest BCUT2D eigenvalue weighted by Crippen LogP contribution is 2.18. The van der Waals surface area contributed by atoms with Crippen molar-refractivity contribution in [3.8, 4) is 0 Å². The molecule has 1 unspecified atom stereocenters. The summed E-state index contributed by atoms with van der Waals surface area (Å²) in [5.41, 5.74) is 8.29. The molecule has 0 aliphatic carbocycles. The van der Waals surface area contributed by atoms with Crippen molar-refractivity contribution in [1.29, 1.82) is 0 Å². The number of carbonyl (C=O) groups excluding carboxylic acids is 1. The van der Waals surface area contributed by atoms with E-state index in [1.807, 2.05) is 42.5 Å². The summed E-state index contributed by atoms with van der Waals surface area (Å²) >= 11 is 0. The topological polar surface area (TPSA) is 75.4 Å². The molecular formula is C18H23ClN2O2. The van der Waals surface area contributed by atoms with Gasteiger partial charge in [-0.2, -0.15) is 0 Å². The summed E-state index contributed by atoms with van der Waals surface area (Å²) < 4.78 is 0. The van der Waals surface area contributed by atoms with Crippen molar-refractivity contribution >= 4 is 18.3 Å². The average Bonchev–Trinajstić information content (AvgIpc) is 2.59. The normalized spacial score (nSPS) is 11.4. The van der Waals surface area contributed by atoms with Gasteiger partial charge in [0.2, 0.25) is 0 Å². The van der Waals surface area contributed by atoms with Crippen LogP contribution < -0.4 is 11.1 Å². The van der Waals surface area contributed by atoms with Crippen LogP contribution in [0.4, 0.5) is 0 Å². The van der Waals surface area contributed by atoms with Gasteiger partial charge in [0.05, 0.1) is 0 Å². The first-order valence-electron chi connectivity index (χ1n) is 7.47. The smallest absolute Gasteiger partial charge is 0.251 e. The Kier molecular flexibility index (Phi) is 8.33. The van der Waals surface area contributed by atoms with Crippen molar-refractivity contribution in [1.82, 2.24) is 5.32 Å². The van der Waals surface area contributed by atoms with E-state index in [2.05, 4.69) is 5.32 Å². The first-order valence-corrected chi connectivity index (χ1v) is 7.47. The van der Waals surface area contributed by atoms with Gasteiger partial charge in [0.25, 0.3) is 5.91 Å². The number of aliphatic hydroxyl groups is 1. The molecule has 1 amide bonds. The monoisotopic (exact) mass is 334 g/mol. The van der Waals surface area contributed by atoms with Crippen molar-refractivity contribution in [2.75, 3.05) is 13.2 Å². The summed E-state index contributed by atoms with van der Waals surface area (Å²) in [6.45, 7) is 1.07. The summed E-state index contributed by atoms with van der Waals surface area (Å²) in [7, 11) is 0. The molecule has 0 bridgehead atoms. The van der Waals surface area contributed by atoms with Gasteiger partial charge in [0.15, 0.2) is 0 Å². The van der Waals surface area contributed by atoms with E-state index in [-0.39, 0.29) is 30.8 Å². The number of hydrogen-bond acceptors (Lipinski definition) is 3. The van der Waals surface area contributed by atoms with Gasteiger partial charge in [-0.3, -0.25) is 4.79 Å². The van der Waals surface area contributed by atoms with Gasteiger partial charge in [0, 0.05) is 31.2 Å². The van der Waals surface area contributed by atoms with E-state index in [4.69, 9.17) is 5.73 Å². The minimum atomic E-state index is -0.109. The minimum Gasteiger partial charge on any atom is -0.396 e. The molecular weight excluding hydrogens is 312 g/mol. The zero-order valence-corrected chi connectivity index (χ0v) is 13.8. The number of nitrogens with two attached hydrogens (primary N) is 1. The lowest BCUT2D eigenvalue weighted by Crippen LogP contribution is -2.28. The third-order valence-corrected chi connectivity index (χ3v) is 3.71. The van der Waals surface area contributed by atoms with Gasteiger partial charge in [-0.05, 0) is 29.7 Å². The third-order valence-electron chi connectivity index (χ3n) is 3.71. The van der Waals surface area contributed by atoms with Crippen LogP contribution in [0.15, 0.2) is 54.6 Å². The molecule has 0 aromatic heterocycles. The lowest BCUT2D eigenvalue weighted by Gasteiger charge is -2.17. The number of amides is 1. The van der Waals surface area contributed by atoms with Crippen LogP contribution in [0.3, 0.4) is 0 Å². The standard InChI is InChI=1S/C18H22N2O2.ClH/c19-12-14-6-8-16(9-7-14)18(22)20-13-17(10-11-21)15-4-2-1-3-5-15;/h1-9,17,21H,10-13,19H2,(H,20,22);1H. The Bertz CT molecular complexity index is 588. The Morgan fingerprint density at radius 1 is 1.09 bits per heavy atom. The van der Waals surface area contributed by atoms with Crippen molar-refractivity contribution in [3.05, 3.63) is 71.3 Å². The molecule has 0 saturated heterocycles. The molecule has 0 aliphatic rings. The fourth-order valence-electron chi connectivity index (χ4n) is 2.38.